The summed E-state index contributed by atoms with van der Waals surface area (Å²) < 4.78 is 6.36. The Morgan fingerprint density at radius 1 is 1.30 bits per heavy atom. The average molecular weight is 389 g/mol. The Morgan fingerprint density at radius 3 is 2.67 bits per heavy atom. The number of benzene rings is 1. The monoisotopic (exact) mass is 388 g/mol. The number of hydrogen-bond donors (Lipinski definition) is 0. The van der Waals surface area contributed by atoms with E-state index in [1.807, 2.05) is 18.0 Å². The molecule has 3 fully saturated rings. The third-order valence-electron chi connectivity index (χ3n) is 6.85. The zero-order valence-electron chi connectivity index (χ0n) is 15.9. The Hall–Kier alpha value is -1.68. The van der Waals surface area contributed by atoms with E-state index in [-0.39, 0.29) is 17.7 Å². The molecule has 1 aliphatic heterocycles. The molecule has 5 nitrogen and oxygen atoms in total. The highest BCUT2D eigenvalue weighted by Gasteiger charge is 2.64. The fourth-order valence-electron chi connectivity index (χ4n) is 5.17. The summed E-state index contributed by atoms with van der Waals surface area (Å²) in [5.74, 6) is 3.29. The second-order valence-corrected chi connectivity index (χ2v) is 9.17. The van der Waals surface area contributed by atoms with E-state index in [0.717, 1.165) is 12.0 Å². The molecule has 0 N–H and O–H groups in total. The van der Waals surface area contributed by atoms with E-state index in [4.69, 9.17) is 21.2 Å². The van der Waals surface area contributed by atoms with Gasteiger partial charge in [-0.3, -0.25) is 0 Å². The van der Waals surface area contributed by atoms with Crippen LogP contribution in [0, 0.1) is 28.1 Å². The zero-order chi connectivity index (χ0) is 19.3. The van der Waals surface area contributed by atoms with Gasteiger partial charge in [0.25, 0.3) is 11.2 Å². The van der Waals surface area contributed by atoms with Crippen LogP contribution in [0.2, 0.25) is 5.02 Å². The van der Waals surface area contributed by atoms with E-state index in [9.17, 15) is 10.3 Å². The van der Waals surface area contributed by atoms with Gasteiger partial charge in [0, 0.05) is 11.4 Å². The molecule has 0 radical (unpaired) electrons. The number of fused-ring (bicyclic) bond motifs is 1. The van der Waals surface area contributed by atoms with Crippen molar-refractivity contribution in [2.45, 2.75) is 58.3 Å². The summed E-state index contributed by atoms with van der Waals surface area (Å²) in [7, 11) is 0. The van der Waals surface area contributed by atoms with Gasteiger partial charge in [-0.25, -0.2) is 0 Å². The van der Waals surface area contributed by atoms with Crippen molar-refractivity contribution in [3.8, 4) is 0 Å². The van der Waals surface area contributed by atoms with Gasteiger partial charge < -0.3 is 10.1 Å². The fourth-order valence-corrected chi connectivity index (χ4v) is 5.30. The molecule has 1 heterocycles. The van der Waals surface area contributed by atoms with Gasteiger partial charge in [-0.05, 0) is 53.7 Å². The van der Waals surface area contributed by atoms with Crippen molar-refractivity contribution < 1.29 is 14.5 Å². The number of nitrogens with zero attached hydrogens (tertiary/aromatic N) is 2. The summed E-state index contributed by atoms with van der Waals surface area (Å²) in [5, 5.41) is 10.1. The second kappa shape index (κ2) is 6.73. The Balaban J connectivity index is 1.55. The van der Waals surface area contributed by atoms with Crippen LogP contribution in [0.15, 0.2) is 30.0 Å². The lowest BCUT2D eigenvalue weighted by Gasteiger charge is -2.32. The molecular weight excluding hydrogens is 364 g/mol. The van der Waals surface area contributed by atoms with Crippen LogP contribution < -0.4 is 0 Å². The van der Waals surface area contributed by atoms with E-state index < -0.39 is 6.29 Å². The maximum Gasteiger partial charge on any atom is 0.320 e. The Labute approximate surface area is 164 Å². The van der Waals surface area contributed by atoms with E-state index >= 15 is 0 Å². The number of hydrogen-bond acceptors (Lipinski definition) is 3. The van der Waals surface area contributed by atoms with E-state index in [0.29, 0.717) is 39.5 Å². The number of allylic oxidation sites excluding steroid dienone is 1. The second-order valence-electron chi connectivity index (χ2n) is 8.74. The minimum absolute atomic E-state index is 0.0542. The van der Waals surface area contributed by atoms with Crippen LogP contribution in [0.25, 0.3) is 5.41 Å². The highest BCUT2D eigenvalue weighted by molar-refractivity contribution is 6.30. The molecule has 3 aliphatic rings. The molecule has 4 rings (SSSR count). The quantitative estimate of drug-likeness (QED) is 0.679. The summed E-state index contributed by atoms with van der Waals surface area (Å²) in [6.07, 6.45) is 2.27. The SMILES string of the molecule is C[C@H]1CC[C@@H]2[C@H]([C@@H]1O[C@H]1C[C@@H](c3ccc(Cl)cc3)C(=C=[N-])[N+](=O)O1)C2(C)C. The Kier molecular flexibility index (Phi) is 4.66. The molecule has 2 aliphatic carbocycles. The van der Waals surface area contributed by atoms with Crippen LogP contribution in [0.4, 0.5) is 0 Å². The highest BCUT2D eigenvalue weighted by Crippen LogP contribution is 2.66. The van der Waals surface area contributed by atoms with Crippen molar-refractivity contribution in [2.75, 3.05) is 0 Å². The predicted octanol–water partition coefficient (Wildman–Crippen LogP) is 5.07. The summed E-state index contributed by atoms with van der Waals surface area (Å²) in [5.41, 5.74) is 1.22. The molecule has 6 atom stereocenters. The lowest BCUT2D eigenvalue weighted by atomic mass is 9.87. The summed E-state index contributed by atoms with van der Waals surface area (Å²) in [4.78, 5) is 18.1. The van der Waals surface area contributed by atoms with Gasteiger partial charge in [0.05, 0.1) is 16.9 Å². The minimum atomic E-state index is -0.650. The maximum absolute atomic E-state index is 12.4. The third kappa shape index (κ3) is 3.22. The zero-order valence-corrected chi connectivity index (χ0v) is 16.6. The molecule has 144 valence electrons. The van der Waals surface area contributed by atoms with Crippen LogP contribution >= 0.6 is 11.6 Å². The largest absolute Gasteiger partial charge is 0.758 e. The van der Waals surface area contributed by atoms with Crippen molar-refractivity contribution in [3.63, 3.8) is 0 Å². The van der Waals surface area contributed by atoms with Crippen LogP contribution in [0.3, 0.4) is 0 Å². The van der Waals surface area contributed by atoms with Crippen molar-refractivity contribution in [3.05, 3.63) is 50.9 Å². The first-order chi connectivity index (χ1) is 12.8. The lowest BCUT2D eigenvalue weighted by molar-refractivity contribution is -0.801. The van der Waals surface area contributed by atoms with Gasteiger partial charge in [-0.1, -0.05) is 44.5 Å². The van der Waals surface area contributed by atoms with Crippen LogP contribution in [-0.4, -0.2) is 23.2 Å². The number of ether oxygens (including phenoxy) is 1. The maximum atomic E-state index is 12.4. The van der Waals surface area contributed by atoms with Crippen molar-refractivity contribution in [1.82, 2.24) is 0 Å². The smallest absolute Gasteiger partial charge is 0.320 e. The summed E-state index contributed by atoms with van der Waals surface area (Å²) in [6.45, 7) is 6.82. The van der Waals surface area contributed by atoms with Gasteiger partial charge in [-0.2, -0.15) is 10.7 Å². The van der Waals surface area contributed by atoms with E-state index in [2.05, 4.69) is 20.8 Å². The average Bonchev–Trinajstić information content (AvgIpc) is 3.19. The van der Waals surface area contributed by atoms with Crippen molar-refractivity contribution in [1.29, 1.82) is 0 Å². The van der Waals surface area contributed by atoms with Crippen LogP contribution in [0.1, 0.15) is 51.5 Å². The number of rotatable bonds is 3. The van der Waals surface area contributed by atoms with E-state index in [1.165, 1.54) is 6.42 Å². The lowest BCUT2D eigenvalue weighted by Crippen LogP contribution is -2.40. The number of halogens is 1. The molecule has 6 heteroatoms. The standard InChI is InChI=1S/C21H25ClN2O3/c1-12-4-9-16-19(21(16,2)3)20(12)26-18-10-15(17(11-23)24(25)27-18)13-5-7-14(22)8-6-13/h5-8,12,15-16,18-20H,4,9-10H2,1-3H3/t12-,15-,16+,18+,19+,20+/m0/s1. The topological polar surface area (TPSA) is 60.8 Å². The molecule has 1 saturated heterocycles. The molecular formula is C21H25ClN2O3. The first-order valence-electron chi connectivity index (χ1n) is 9.64. The summed E-state index contributed by atoms with van der Waals surface area (Å²) >= 11 is 5.98. The van der Waals surface area contributed by atoms with Gasteiger partial charge in [-0.15, -0.1) is 0 Å². The van der Waals surface area contributed by atoms with E-state index in [1.54, 1.807) is 12.1 Å². The van der Waals surface area contributed by atoms with Crippen molar-refractivity contribution in [2.24, 2.45) is 23.2 Å². The first-order valence-corrected chi connectivity index (χ1v) is 10.0. The molecule has 0 unspecified atom stereocenters. The normalized spacial score (nSPS) is 37.2. The van der Waals surface area contributed by atoms with Gasteiger partial charge in [0.1, 0.15) is 0 Å². The molecule has 1 aromatic rings. The molecule has 0 bridgehead atoms. The molecule has 0 spiro atoms. The molecule has 27 heavy (non-hydrogen) atoms. The molecule has 0 amide bonds. The summed E-state index contributed by atoms with van der Waals surface area (Å²) in [6, 6.07) is 7.24. The Morgan fingerprint density at radius 2 is 2.00 bits per heavy atom. The molecule has 1 aromatic carbocycles. The van der Waals surface area contributed by atoms with Gasteiger partial charge in [0.2, 0.25) is 0 Å². The van der Waals surface area contributed by atoms with Crippen LogP contribution in [0.5, 0.6) is 0 Å². The fraction of sp³-hybridized carbons (Fsp3) is 0.619. The third-order valence-corrected chi connectivity index (χ3v) is 7.10. The first kappa shape index (κ1) is 18.7. The van der Waals surface area contributed by atoms with Gasteiger partial charge in [0.15, 0.2) is 0 Å². The molecule has 2 saturated carbocycles. The van der Waals surface area contributed by atoms with Gasteiger partial charge >= 0.3 is 5.70 Å². The predicted molar refractivity (Wildman–Crippen MR) is 103 cm³/mol. The molecule has 0 aromatic heterocycles. The van der Waals surface area contributed by atoms with Crippen molar-refractivity contribution >= 4 is 17.5 Å². The minimum Gasteiger partial charge on any atom is -0.758 e. The highest BCUT2D eigenvalue weighted by atomic mass is 35.5. The Bertz CT molecular complexity index is 800. The van der Waals surface area contributed by atoms with Crippen LogP contribution in [-0.2, 0) is 9.57 Å².